The average Bonchev–Trinajstić information content (AvgIpc) is 2.63. The number of rotatable bonds is 8. The molecule has 1 rings (SSSR count). The van der Waals surface area contributed by atoms with E-state index in [0.717, 1.165) is 19.6 Å². The quantitative estimate of drug-likeness (QED) is 0.711. The van der Waals surface area contributed by atoms with Crippen LogP contribution in [0.4, 0.5) is 0 Å². The molecule has 1 aliphatic heterocycles. The topological polar surface area (TPSA) is 33.3 Å². The third kappa shape index (κ3) is 7.91. The second kappa shape index (κ2) is 8.93. The van der Waals surface area contributed by atoms with Gasteiger partial charge < -0.3 is 15.4 Å². The van der Waals surface area contributed by atoms with Crippen LogP contribution in [0.1, 0.15) is 59.3 Å². The highest BCUT2D eigenvalue weighted by molar-refractivity contribution is 4.78. The van der Waals surface area contributed by atoms with Gasteiger partial charge in [-0.05, 0) is 44.6 Å². The minimum Gasteiger partial charge on any atom is -0.385 e. The standard InChI is InChI=1S/C16H34N2O/c1-14(12-15-8-6-5-7-10-17-15)18-13-16(2,3)9-11-19-4/h14-15,17-18H,5-13H2,1-4H3. The SMILES string of the molecule is COCCC(C)(C)CNC(C)CC1CCCCCN1. The molecule has 2 atom stereocenters. The molecular formula is C16H34N2O. The number of ether oxygens (including phenoxy) is 1. The second-order valence-electron chi connectivity index (χ2n) is 6.93. The molecule has 1 saturated heterocycles. The van der Waals surface area contributed by atoms with Gasteiger partial charge in [-0.25, -0.2) is 0 Å². The van der Waals surface area contributed by atoms with E-state index >= 15 is 0 Å². The van der Waals surface area contributed by atoms with Gasteiger partial charge in [-0.1, -0.05) is 26.7 Å². The Bertz CT molecular complexity index is 223. The Hall–Kier alpha value is -0.120. The van der Waals surface area contributed by atoms with Crippen LogP contribution in [0.15, 0.2) is 0 Å². The summed E-state index contributed by atoms with van der Waals surface area (Å²) in [4.78, 5) is 0. The van der Waals surface area contributed by atoms with Gasteiger partial charge in [-0.3, -0.25) is 0 Å². The first kappa shape index (κ1) is 16.9. The van der Waals surface area contributed by atoms with Crippen molar-refractivity contribution in [3.8, 4) is 0 Å². The smallest absolute Gasteiger partial charge is 0.0467 e. The number of nitrogens with one attached hydrogen (secondary N) is 2. The van der Waals surface area contributed by atoms with Crippen LogP contribution >= 0.6 is 0 Å². The van der Waals surface area contributed by atoms with Gasteiger partial charge in [-0.15, -0.1) is 0 Å². The lowest BCUT2D eigenvalue weighted by molar-refractivity contribution is 0.148. The zero-order valence-corrected chi connectivity index (χ0v) is 13.4. The van der Waals surface area contributed by atoms with Crippen LogP contribution in [0, 0.1) is 5.41 Å². The van der Waals surface area contributed by atoms with Crippen LogP contribution < -0.4 is 10.6 Å². The molecule has 1 fully saturated rings. The van der Waals surface area contributed by atoms with E-state index in [9.17, 15) is 0 Å². The summed E-state index contributed by atoms with van der Waals surface area (Å²) < 4.78 is 5.18. The monoisotopic (exact) mass is 270 g/mol. The van der Waals surface area contributed by atoms with Crippen molar-refractivity contribution in [1.82, 2.24) is 10.6 Å². The summed E-state index contributed by atoms with van der Waals surface area (Å²) in [5, 5.41) is 7.39. The van der Waals surface area contributed by atoms with Crippen molar-refractivity contribution in [1.29, 1.82) is 0 Å². The summed E-state index contributed by atoms with van der Waals surface area (Å²) in [5.74, 6) is 0. The number of hydrogen-bond acceptors (Lipinski definition) is 3. The van der Waals surface area contributed by atoms with E-state index < -0.39 is 0 Å². The molecule has 114 valence electrons. The van der Waals surface area contributed by atoms with E-state index in [1.54, 1.807) is 7.11 Å². The molecule has 1 heterocycles. The van der Waals surface area contributed by atoms with Crippen LogP contribution in [-0.2, 0) is 4.74 Å². The summed E-state index contributed by atoms with van der Waals surface area (Å²) in [6.45, 7) is 10.1. The van der Waals surface area contributed by atoms with Gasteiger partial charge >= 0.3 is 0 Å². The lowest BCUT2D eigenvalue weighted by atomic mass is 9.89. The molecule has 3 heteroatoms. The molecule has 0 radical (unpaired) electrons. The fourth-order valence-corrected chi connectivity index (χ4v) is 2.73. The zero-order valence-electron chi connectivity index (χ0n) is 13.4. The number of hydrogen-bond donors (Lipinski definition) is 2. The van der Waals surface area contributed by atoms with Gasteiger partial charge in [0.15, 0.2) is 0 Å². The molecule has 0 spiro atoms. The van der Waals surface area contributed by atoms with E-state index in [0.29, 0.717) is 17.5 Å². The molecule has 19 heavy (non-hydrogen) atoms. The van der Waals surface area contributed by atoms with Crippen LogP contribution in [0.5, 0.6) is 0 Å². The fourth-order valence-electron chi connectivity index (χ4n) is 2.73. The third-order valence-electron chi connectivity index (χ3n) is 4.21. The zero-order chi connectivity index (χ0) is 14.1. The van der Waals surface area contributed by atoms with Crippen molar-refractivity contribution >= 4 is 0 Å². The maximum absolute atomic E-state index is 5.18. The van der Waals surface area contributed by atoms with E-state index in [1.807, 2.05) is 0 Å². The van der Waals surface area contributed by atoms with Gasteiger partial charge in [-0.2, -0.15) is 0 Å². The van der Waals surface area contributed by atoms with Crippen molar-refractivity contribution in [2.45, 2.75) is 71.4 Å². The Labute approximate surface area is 119 Å². The summed E-state index contributed by atoms with van der Waals surface area (Å²) >= 11 is 0. The minimum atomic E-state index is 0.321. The van der Waals surface area contributed by atoms with Crippen molar-refractivity contribution in [3.63, 3.8) is 0 Å². The summed E-state index contributed by atoms with van der Waals surface area (Å²) in [6.07, 6.45) is 7.85. The Balaban J connectivity index is 2.20. The Morgan fingerprint density at radius 2 is 2.11 bits per heavy atom. The van der Waals surface area contributed by atoms with Crippen LogP contribution in [0.25, 0.3) is 0 Å². The first-order valence-electron chi connectivity index (χ1n) is 7.99. The van der Waals surface area contributed by atoms with E-state index in [-0.39, 0.29) is 0 Å². The maximum Gasteiger partial charge on any atom is 0.0467 e. The average molecular weight is 270 g/mol. The molecule has 0 aromatic rings. The molecule has 0 bridgehead atoms. The first-order valence-corrected chi connectivity index (χ1v) is 7.99. The third-order valence-corrected chi connectivity index (χ3v) is 4.21. The van der Waals surface area contributed by atoms with E-state index in [1.165, 1.54) is 38.6 Å². The molecular weight excluding hydrogens is 236 g/mol. The summed E-state index contributed by atoms with van der Waals surface area (Å²) in [7, 11) is 1.78. The molecule has 2 unspecified atom stereocenters. The lowest BCUT2D eigenvalue weighted by Crippen LogP contribution is -2.40. The molecule has 1 aliphatic rings. The molecule has 0 saturated carbocycles. The Morgan fingerprint density at radius 1 is 1.32 bits per heavy atom. The second-order valence-corrected chi connectivity index (χ2v) is 6.93. The van der Waals surface area contributed by atoms with Crippen molar-refractivity contribution in [3.05, 3.63) is 0 Å². The fraction of sp³-hybridized carbons (Fsp3) is 1.00. The van der Waals surface area contributed by atoms with Crippen molar-refractivity contribution in [2.24, 2.45) is 5.41 Å². The highest BCUT2D eigenvalue weighted by Gasteiger charge is 2.20. The van der Waals surface area contributed by atoms with Gasteiger partial charge in [0, 0.05) is 32.3 Å². The first-order chi connectivity index (χ1) is 9.03. The summed E-state index contributed by atoms with van der Waals surface area (Å²) in [6, 6.07) is 1.31. The highest BCUT2D eigenvalue weighted by Crippen LogP contribution is 2.19. The van der Waals surface area contributed by atoms with Gasteiger partial charge in [0.25, 0.3) is 0 Å². The van der Waals surface area contributed by atoms with Gasteiger partial charge in [0.2, 0.25) is 0 Å². The highest BCUT2D eigenvalue weighted by atomic mass is 16.5. The van der Waals surface area contributed by atoms with Gasteiger partial charge in [0.05, 0.1) is 0 Å². The van der Waals surface area contributed by atoms with Gasteiger partial charge in [0.1, 0.15) is 0 Å². The molecule has 0 aromatic heterocycles. The van der Waals surface area contributed by atoms with E-state index in [2.05, 4.69) is 31.4 Å². The normalized spacial score (nSPS) is 23.1. The van der Waals surface area contributed by atoms with Crippen LogP contribution in [-0.4, -0.2) is 38.9 Å². The number of methoxy groups -OCH3 is 1. The predicted molar refractivity (Wildman–Crippen MR) is 82.6 cm³/mol. The lowest BCUT2D eigenvalue weighted by Gasteiger charge is -2.28. The Morgan fingerprint density at radius 3 is 2.84 bits per heavy atom. The Kier molecular flexibility index (Phi) is 7.96. The van der Waals surface area contributed by atoms with Crippen LogP contribution in [0.3, 0.4) is 0 Å². The van der Waals surface area contributed by atoms with Crippen LogP contribution in [0.2, 0.25) is 0 Å². The van der Waals surface area contributed by atoms with E-state index in [4.69, 9.17) is 4.74 Å². The predicted octanol–water partition coefficient (Wildman–Crippen LogP) is 2.95. The molecule has 0 amide bonds. The largest absolute Gasteiger partial charge is 0.385 e. The maximum atomic E-state index is 5.18. The molecule has 0 aromatic carbocycles. The minimum absolute atomic E-state index is 0.321. The van der Waals surface area contributed by atoms with Crippen molar-refractivity contribution < 1.29 is 4.74 Å². The molecule has 2 N–H and O–H groups in total. The van der Waals surface area contributed by atoms with Crippen molar-refractivity contribution in [2.75, 3.05) is 26.8 Å². The molecule has 3 nitrogen and oxygen atoms in total. The molecule has 0 aliphatic carbocycles. The summed E-state index contributed by atoms with van der Waals surface area (Å²) in [5.41, 5.74) is 0.321.